The molecule has 6 heteroatoms. The highest BCUT2D eigenvalue weighted by Gasteiger charge is 2.08. The molecule has 0 aromatic heterocycles. The van der Waals surface area contributed by atoms with Crippen LogP contribution in [-0.2, 0) is 0 Å². The number of rotatable bonds is 4. The lowest BCUT2D eigenvalue weighted by Crippen LogP contribution is -1.90. The Bertz CT molecular complexity index is 1160. The average Bonchev–Trinajstić information content (AvgIpc) is 2.77. The maximum absolute atomic E-state index is 9.66. The number of hydrogen-bond acceptors (Lipinski definition) is 6. The van der Waals surface area contributed by atoms with E-state index in [1.54, 1.807) is 58.8 Å². The Morgan fingerprint density at radius 1 is 0.533 bits per heavy atom. The third-order valence-electron chi connectivity index (χ3n) is 4.69. The zero-order chi connectivity index (χ0) is 21.7. The topological polar surface area (TPSA) is 77.4 Å². The standard InChI is InChI=1S/2C12H12O3/c1-14-11-6-8-3-4-10(13)5-9(8)7-12(11)15-2;1-14-11-6-8-4-3-5-10(13)9(8)7-12(11)15-2/h2*3-7,13H,1-2H3. The summed E-state index contributed by atoms with van der Waals surface area (Å²) >= 11 is 0. The normalized spacial score (nSPS) is 10.3. The van der Waals surface area contributed by atoms with E-state index in [2.05, 4.69) is 0 Å². The van der Waals surface area contributed by atoms with Crippen LogP contribution in [0.1, 0.15) is 0 Å². The van der Waals surface area contributed by atoms with Crippen LogP contribution in [-0.4, -0.2) is 38.7 Å². The van der Waals surface area contributed by atoms with Gasteiger partial charge in [0.05, 0.1) is 28.4 Å². The number of ether oxygens (including phenoxy) is 4. The van der Waals surface area contributed by atoms with Gasteiger partial charge in [0.1, 0.15) is 11.5 Å². The fourth-order valence-corrected chi connectivity index (χ4v) is 3.15. The Hall–Kier alpha value is -3.80. The summed E-state index contributed by atoms with van der Waals surface area (Å²) in [7, 11) is 6.35. The minimum absolute atomic E-state index is 0.244. The van der Waals surface area contributed by atoms with E-state index in [1.165, 1.54) is 0 Å². The monoisotopic (exact) mass is 408 g/mol. The minimum atomic E-state index is 0.244. The molecule has 0 amide bonds. The van der Waals surface area contributed by atoms with Gasteiger partial charge in [0, 0.05) is 5.39 Å². The molecule has 0 saturated carbocycles. The molecule has 30 heavy (non-hydrogen) atoms. The van der Waals surface area contributed by atoms with Crippen LogP contribution in [0.2, 0.25) is 0 Å². The molecular formula is C24H24O6. The number of aromatic hydroxyl groups is 2. The molecule has 0 aliphatic carbocycles. The zero-order valence-corrected chi connectivity index (χ0v) is 17.3. The van der Waals surface area contributed by atoms with E-state index >= 15 is 0 Å². The Labute approximate surface area is 174 Å². The lowest BCUT2D eigenvalue weighted by atomic mass is 10.1. The molecule has 0 heterocycles. The molecule has 0 atom stereocenters. The molecule has 6 nitrogen and oxygen atoms in total. The van der Waals surface area contributed by atoms with Crippen molar-refractivity contribution >= 4 is 21.5 Å². The van der Waals surface area contributed by atoms with Crippen LogP contribution < -0.4 is 18.9 Å². The van der Waals surface area contributed by atoms with Gasteiger partial charge in [0.25, 0.3) is 0 Å². The van der Waals surface area contributed by atoms with E-state index in [1.807, 2.05) is 30.3 Å². The average molecular weight is 408 g/mol. The van der Waals surface area contributed by atoms with E-state index in [-0.39, 0.29) is 11.5 Å². The molecule has 4 aromatic rings. The number of phenols is 2. The number of phenolic OH excluding ortho intramolecular Hbond substituents is 2. The van der Waals surface area contributed by atoms with Crippen molar-refractivity contribution in [2.75, 3.05) is 28.4 Å². The first kappa shape index (κ1) is 20.9. The minimum Gasteiger partial charge on any atom is -0.508 e. The van der Waals surface area contributed by atoms with E-state index < -0.39 is 0 Å². The van der Waals surface area contributed by atoms with Gasteiger partial charge in [0.2, 0.25) is 0 Å². The second kappa shape index (κ2) is 9.13. The van der Waals surface area contributed by atoms with Crippen molar-refractivity contribution in [1.82, 2.24) is 0 Å². The highest BCUT2D eigenvalue weighted by Crippen LogP contribution is 2.35. The van der Waals surface area contributed by atoms with Crippen LogP contribution >= 0.6 is 0 Å². The van der Waals surface area contributed by atoms with E-state index in [9.17, 15) is 10.2 Å². The lowest BCUT2D eigenvalue weighted by Gasteiger charge is -2.09. The van der Waals surface area contributed by atoms with E-state index in [4.69, 9.17) is 18.9 Å². The maximum atomic E-state index is 9.66. The second-order valence-corrected chi connectivity index (χ2v) is 6.44. The molecule has 4 aromatic carbocycles. The Balaban J connectivity index is 0.000000171. The first-order chi connectivity index (χ1) is 14.5. The van der Waals surface area contributed by atoms with Gasteiger partial charge >= 0.3 is 0 Å². The van der Waals surface area contributed by atoms with Crippen LogP contribution in [0, 0.1) is 0 Å². The highest BCUT2D eigenvalue weighted by atomic mass is 16.5. The SMILES string of the molecule is COc1cc2ccc(O)cc2cc1OC.COc1cc2cccc(O)c2cc1OC. The Kier molecular flexibility index (Phi) is 6.37. The maximum Gasteiger partial charge on any atom is 0.161 e. The smallest absolute Gasteiger partial charge is 0.161 e. The molecule has 0 aliphatic rings. The predicted octanol–water partition coefficient (Wildman–Crippen LogP) is 5.13. The summed E-state index contributed by atoms with van der Waals surface area (Å²) in [4.78, 5) is 0. The third-order valence-corrected chi connectivity index (χ3v) is 4.69. The van der Waals surface area contributed by atoms with E-state index in [0.717, 1.165) is 21.5 Å². The summed E-state index contributed by atoms with van der Waals surface area (Å²) in [6, 6.07) is 17.9. The Morgan fingerprint density at radius 2 is 1.07 bits per heavy atom. The van der Waals surface area contributed by atoms with Crippen LogP contribution in [0.15, 0.2) is 60.7 Å². The van der Waals surface area contributed by atoms with Crippen molar-refractivity contribution in [2.45, 2.75) is 0 Å². The fraction of sp³-hybridized carbons (Fsp3) is 0.167. The van der Waals surface area contributed by atoms with Crippen molar-refractivity contribution in [3.05, 3.63) is 60.7 Å². The van der Waals surface area contributed by atoms with Gasteiger partial charge in [-0.3, -0.25) is 0 Å². The van der Waals surface area contributed by atoms with E-state index in [0.29, 0.717) is 23.0 Å². The summed E-state index contributed by atoms with van der Waals surface area (Å²) in [6.45, 7) is 0. The molecule has 0 fully saturated rings. The van der Waals surface area contributed by atoms with Crippen LogP contribution in [0.4, 0.5) is 0 Å². The van der Waals surface area contributed by atoms with Crippen molar-refractivity contribution in [2.24, 2.45) is 0 Å². The molecule has 0 aliphatic heterocycles. The zero-order valence-electron chi connectivity index (χ0n) is 17.3. The van der Waals surface area contributed by atoms with Gasteiger partial charge in [0.15, 0.2) is 23.0 Å². The first-order valence-corrected chi connectivity index (χ1v) is 9.19. The second-order valence-electron chi connectivity index (χ2n) is 6.44. The number of fused-ring (bicyclic) bond motifs is 2. The van der Waals surface area contributed by atoms with Gasteiger partial charge in [-0.1, -0.05) is 18.2 Å². The molecule has 4 rings (SSSR count). The van der Waals surface area contributed by atoms with Crippen molar-refractivity contribution in [3.8, 4) is 34.5 Å². The summed E-state index contributed by atoms with van der Waals surface area (Å²) in [6.07, 6.45) is 0. The fourth-order valence-electron chi connectivity index (χ4n) is 3.15. The van der Waals surface area contributed by atoms with Crippen molar-refractivity contribution in [1.29, 1.82) is 0 Å². The summed E-state index contributed by atoms with van der Waals surface area (Å²) < 4.78 is 20.7. The van der Waals surface area contributed by atoms with Gasteiger partial charge in [-0.05, 0) is 58.6 Å². The largest absolute Gasteiger partial charge is 0.508 e. The summed E-state index contributed by atoms with van der Waals surface area (Å²) in [5.41, 5.74) is 0. The highest BCUT2D eigenvalue weighted by molar-refractivity contribution is 5.91. The van der Waals surface area contributed by atoms with Gasteiger partial charge in [-0.15, -0.1) is 0 Å². The third kappa shape index (κ3) is 4.27. The van der Waals surface area contributed by atoms with Crippen LogP contribution in [0.5, 0.6) is 34.5 Å². The number of methoxy groups -OCH3 is 4. The Morgan fingerprint density at radius 3 is 1.67 bits per heavy atom. The predicted molar refractivity (Wildman–Crippen MR) is 117 cm³/mol. The molecular weight excluding hydrogens is 384 g/mol. The molecule has 0 bridgehead atoms. The van der Waals surface area contributed by atoms with Gasteiger partial charge < -0.3 is 29.2 Å². The molecule has 156 valence electrons. The molecule has 0 radical (unpaired) electrons. The molecule has 2 N–H and O–H groups in total. The van der Waals surface area contributed by atoms with Crippen molar-refractivity contribution < 1.29 is 29.2 Å². The quantitative estimate of drug-likeness (QED) is 0.488. The molecule has 0 unspecified atom stereocenters. The van der Waals surface area contributed by atoms with Crippen LogP contribution in [0.25, 0.3) is 21.5 Å². The lowest BCUT2D eigenvalue weighted by molar-refractivity contribution is 0.355. The molecule has 0 spiro atoms. The van der Waals surface area contributed by atoms with Crippen LogP contribution in [0.3, 0.4) is 0 Å². The number of hydrogen-bond donors (Lipinski definition) is 2. The number of benzene rings is 4. The van der Waals surface area contributed by atoms with Gasteiger partial charge in [-0.2, -0.15) is 0 Å². The van der Waals surface area contributed by atoms with Gasteiger partial charge in [-0.25, -0.2) is 0 Å². The molecule has 0 saturated heterocycles. The summed E-state index contributed by atoms with van der Waals surface area (Å²) in [5.74, 6) is 3.12. The summed E-state index contributed by atoms with van der Waals surface area (Å²) in [5, 5.41) is 22.6. The first-order valence-electron chi connectivity index (χ1n) is 9.19. The van der Waals surface area contributed by atoms with Crippen molar-refractivity contribution in [3.63, 3.8) is 0 Å².